The Labute approximate surface area is 448 Å². The number of methoxy groups -OCH3 is 1. The van der Waals surface area contributed by atoms with Crippen LogP contribution in [0.15, 0.2) is 26.8 Å². The first-order valence-electron chi connectivity index (χ1n) is 20.6. The second-order valence-corrected chi connectivity index (χ2v) is 19.5. The fraction of sp³-hybridized carbons (Fsp3) is 0.405. The van der Waals surface area contributed by atoms with Crippen LogP contribution < -0.4 is 22.9 Å². The highest BCUT2D eigenvalue weighted by Crippen LogP contribution is 2.26. The van der Waals surface area contributed by atoms with Gasteiger partial charge in [-0.05, 0) is 48.5 Å². The summed E-state index contributed by atoms with van der Waals surface area (Å²) in [4.78, 5) is 70.4. The molecule has 0 spiro atoms. The number of aliphatic hydroxyl groups is 2. The number of aliphatic hydroxyl groups excluding tert-OH is 2. The number of anilines is 4. The number of hydrogen-bond acceptors (Lipinski definition) is 28. The second-order valence-electron chi connectivity index (χ2n) is 12.7. The lowest BCUT2D eigenvalue weighted by Crippen LogP contribution is -2.07. The monoisotopic (exact) mass is 1160 g/mol. The largest absolute Gasteiger partial charge is 0.466 e. The van der Waals surface area contributed by atoms with Crippen LogP contribution in [0.25, 0.3) is 0 Å². The van der Waals surface area contributed by atoms with Crippen LogP contribution in [0.5, 0.6) is 0 Å². The maximum absolute atomic E-state index is 12.8. The predicted molar refractivity (Wildman–Crippen MR) is 283 cm³/mol. The molecule has 404 valence electrons. The Morgan fingerprint density at radius 1 is 0.671 bits per heavy atom. The molecule has 0 fully saturated rings. The highest BCUT2D eigenvalue weighted by atomic mass is 35.5. The first kappa shape index (κ1) is 67.1. The van der Waals surface area contributed by atoms with E-state index in [4.69, 9.17) is 58.6 Å². The van der Waals surface area contributed by atoms with Gasteiger partial charge in [0.15, 0.2) is 37.6 Å². The molecule has 0 unspecified atom stereocenters. The standard InChI is InChI=1S/C8H11NO2S.C7H8FNO2S.C6H8FNOS.C6H8N2O2S.C6H10N2O2.C5H5ClN2O2S.C3H4N2S.CH4/c1-3-11-8(10)4-7-5-12-6(2)9-7;1-3-11-7(10)5-6(8)12-4(2)9-5;1-4-8-5(2-3-9)6(7)10-4;1-2-10-5(9)4-3-11-6(7)8-4;1-4-5(2-3-9)8-6(7)10-4;1-10-4(9)2-3(6)11-5(7)8-2;4-3-5-1-2-6-3;/h5H,3-4H2,1-2H3;3H2,1-2H3;9H,2-3H2,1H3;3H,2H2,1H3,(H2,7,8);9H,2-3H2,1H3,(H2,7,8);1H3,(H2,7,8);1-2H,(H2,4,5);1H4. The Bertz CT molecular complexity index is 2630. The highest BCUT2D eigenvalue weighted by molar-refractivity contribution is 7.19. The third kappa shape index (κ3) is 27.1. The van der Waals surface area contributed by atoms with Gasteiger partial charge < -0.3 is 56.5 Å². The summed E-state index contributed by atoms with van der Waals surface area (Å²) in [7, 11) is 1.26. The molecular formula is C42H58ClF2N11O11S6. The molecule has 22 nitrogen and oxygen atoms in total. The maximum atomic E-state index is 12.8. The van der Waals surface area contributed by atoms with Crippen molar-refractivity contribution >= 4 is 125 Å². The van der Waals surface area contributed by atoms with Crippen LogP contribution in [0.4, 0.5) is 30.2 Å². The maximum Gasteiger partial charge on any atom is 0.360 e. The molecule has 7 rings (SSSR count). The van der Waals surface area contributed by atoms with E-state index in [0.717, 1.165) is 50.4 Å². The van der Waals surface area contributed by atoms with Crippen molar-refractivity contribution < 1.29 is 61.5 Å². The molecule has 0 aliphatic rings. The van der Waals surface area contributed by atoms with Gasteiger partial charge in [0, 0.05) is 48.4 Å². The number of nitrogen functional groups attached to an aromatic ring is 4. The van der Waals surface area contributed by atoms with Crippen LogP contribution >= 0.6 is 79.6 Å². The van der Waals surface area contributed by atoms with Gasteiger partial charge in [-0.15, -0.1) is 34.0 Å². The van der Waals surface area contributed by atoms with Crippen molar-refractivity contribution in [3.63, 3.8) is 0 Å². The van der Waals surface area contributed by atoms with E-state index in [2.05, 4.69) is 44.4 Å². The van der Waals surface area contributed by atoms with Crippen molar-refractivity contribution in [2.45, 2.75) is 75.2 Å². The summed E-state index contributed by atoms with van der Waals surface area (Å²) >= 11 is 12.7. The van der Waals surface area contributed by atoms with E-state index in [1.165, 1.54) is 29.8 Å². The third-order valence-corrected chi connectivity index (χ3v) is 12.0. The van der Waals surface area contributed by atoms with Crippen LogP contribution in [-0.4, -0.2) is 109 Å². The van der Waals surface area contributed by atoms with E-state index in [-0.39, 0.29) is 77.3 Å². The number of carbonyl (C=O) groups is 4. The fourth-order valence-electron chi connectivity index (χ4n) is 4.43. The van der Waals surface area contributed by atoms with Gasteiger partial charge in [0.2, 0.25) is 5.13 Å². The third-order valence-electron chi connectivity index (χ3n) is 7.26. The Morgan fingerprint density at radius 2 is 1.27 bits per heavy atom. The Hall–Kier alpha value is -5.86. The van der Waals surface area contributed by atoms with Crippen molar-refractivity contribution in [2.75, 3.05) is 63.1 Å². The molecule has 0 aliphatic carbocycles. The number of nitrogens with two attached hydrogens (primary N) is 4. The molecule has 7 aromatic heterocycles. The van der Waals surface area contributed by atoms with Crippen LogP contribution in [0.2, 0.25) is 4.34 Å². The number of hydrogen-bond donors (Lipinski definition) is 6. The average molecular weight is 1160 g/mol. The molecule has 73 heavy (non-hydrogen) atoms. The molecule has 0 saturated heterocycles. The fourth-order valence-corrected chi connectivity index (χ4v) is 8.16. The van der Waals surface area contributed by atoms with Gasteiger partial charge in [-0.2, -0.15) is 13.8 Å². The number of aryl methyl sites for hydroxylation is 4. The van der Waals surface area contributed by atoms with Crippen LogP contribution in [0.1, 0.15) is 97.5 Å². The molecular weight excluding hydrogens is 1100 g/mol. The zero-order chi connectivity index (χ0) is 54.3. The van der Waals surface area contributed by atoms with Gasteiger partial charge in [-0.25, -0.2) is 44.3 Å². The van der Waals surface area contributed by atoms with Crippen LogP contribution in [-0.2, 0) is 43.0 Å². The number of oxazole rings is 1. The Morgan fingerprint density at radius 3 is 1.67 bits per heavy atom. The van der Waals surface area contributed by atoms with Gasteiger partial charge in [-0.3, -0.25) is 4.79 Å². The minimum Gasteiger partial charge on any atom is -0.466 e. The summed E-state index contributed by atoms with van der Waals surface area (Å²) in [5, 5.41) is 24.9. The van der Waals surface area contributed by atoms with Gasteiger partial charge in [0.05, 0.1) is 65.5 Å². The summed E-state index contributed by atoms with van der Waals surface area (Å²) in [6, 6.07) is 0.168. The molecule has 0 bridgehead atoms. The van der Waals surface area contributed by atoms with Crippen LogP contribution in [0, 0.1) is 38.0 Å². The van der Waals surface area contributed by atoms with Crippen molar-refractivity contribution in [1.82, 2.24) is 34.9 Å². The molecule has 0 amide bonds. The normalized spacial score (nSPS) is 9.66. The van der Waals surface area contributed by atoms with E-state index in [1.54, 1.807) is 64.5 Å². The number of esters is 4. The first-order valence-corrected chi connectivity index (χ1v) is 26.0. The van der Waals surface area contributed by atoms with Crippen molar-refractivity contribution in [3.05, 3.63) is 91.9 Å². The number of nitrogens with zero attached hydrogens (tertiary/aromatic N) is 7. The predicted octanol–water partition coefficient (Wildman–Crippen LogP) is 7.98. The van der Waals surface area contributed by atoms with Crippen LogP contribution in [0.3, 0.4) is 0 Å². The number of thiazole rings is 6. The topological polar surface area (TPSA) is 353 Å². The van der Waals surface area contributed by atoms with Gasteiger partial charge >= 0.3 is 23.9 Å². The zero-order valence-electron chi connectivity index (χ0n) is 40.1. The summed E-state index contributed by atoms with van der Waals surface area (Å²) in [6.07, 6.45) is 2.79. The van der Waals surface area contributed by atoms with Crippen molar-refractivity contribution in [1.29, 1.82) is 0 Å². The minimum atomic E-state index is -0.695. The van der Waals surface area contributed by atoms with Gasteiger partial charge in [0.25, 0.3) is 6.01 Å². The van der Waals surface area contributed by atoms with Crippen molar-refractivity contribution in [3.8, 4) is 0 Å². The van der Waals surface area contributed by atoms with Crippen molar-refractivity contribution in [2.24, 2.45) is 0 Å². The van der Waals surface area contributed by atoms with E-state index >= 15 is 0 Å². The highest BCUT2D eigenvalue weighted by Gasteiger charge is 2.18. The number of ether oxygens (including phenoxy) is 4. The minimum absolute atomic E-state index is 0. The number of halogens is 3. The molecule has 0 radical (unpaired) electrons. The van der Waals surface area contributed by atoms with Gasteiger partial charge in [0.1, 0.15) is 10.1 Å². The average Bonchev–Trinajstić information content (AvgIpc) is 4.22. The van der Waals surface area contributed by atoms with E-state index in [0.29, 0.717) is 57.8 Å². The SMILES string of the molecule is C.CCOC(=O)Cc1csc(C)n1.CCOC(=O)c1csc(N)n1.CCOC(=O)c1nc(C)sc1F.COC(=O)c1nc(N)sc1Cl.Cc1nc(CCO)c(F)s1.Cc1oc(N)nc1CCO.Nc1nccs1. The Balaban J connectivity index is 0.000000832. The van der Waals surface area contributed by atoms with E-state index < -0.39 is 23.0 Å². The van der Waals surface area contributed by atoms with Gasteiger partial charge in [-0.1, -0.05) is 53.0 Å². The first-order chi connectivity index (χ1) is 34.1. The summed E-state index contributed by atoms with van der Waals surface area (Å²) in [5.74, 6) is -1.20. The summed E-state index contributed by atoms with van der Waals surface area (Å²) < 4.78 is 49.1. The molecule has 7 heterocycles. The number of rotatable bonds is 12. The lowest BCUT2D eigenvalue weighted by atomic mass is 10.3. The zero-order valence-corrected chi connectivity index (χ0v) is 45.7. The Kier molecular flexibility index (Phi) is 34.0. The quantitative estimate of drug-likeness (QED) is 0.0498. The van der Waals surface area contributed by atoms with E-state index in [9.17, 15) is 28.0 Å². The molecule has 0 atom stereocenters. The molecule has 0 saturated carbocycles. The molecule has 0 aliphatic heterocycles. The summed E-state index contributed by atoms with van der Waals surface area (Å²) in [5.41, 5.74) is 23.1. The molecule has 31 heteroatoms. The van der Waals surface area contributed by atoms with E-state index in [1.807, 2.05) is 17.7 Å². The molecule has 10 N–H and O–H groups in total. The smallest absolute Gasteiger partial charge is 0.360 e. The second kappa shape index (κ2) is 37.0. The lowest BCUT2D eigenvalue weighted by molar-refractivity contribution is -0.142. The lowest BCUT2D eigenvalue weighted by Gasteiger charge is -1.97. The summed E-state index contributed by atoms with van der Waals surface area (Å²) in [6.45, 7) is 13.3. The number of aromatic nitrogens is 7. The number of carbonyl (C=O) groups excluding carboxylic acids is 4. The molecule has 7 aromatic rings. The molecule has 0 aromatic carbocycles.